The Balaban J connectivity index is 1.34. The monoisotopic (exact) mass is 677 g/mol. The van der Waals surface area contributed by atoms with Crippen molar-refractivity contribution in [3.05, 3.63) is 75.3 Å². The number of carbonyl (C=O) groups excluding carboxylic acids is 1. The number of ether oxygens (including phenoxy) is 1. The van der Waals surface area contributed by atoms with Crippen LogP contribution >= 0.6 is 22.6 Å². The molecule has 3 aliphatic rings. The van der Waals surface area contributed by atoms with Gasteiger partial charge in [-0.05, 0) is 79.0 Å². The zero-order chi connectivity index (χ0) is 29.2. The number of likely N-dealkylation sites (tertiary alicyclic amines) is 1. The van der Waals surface area contributed by atoms with E-state index >= 15 is 0 Å². The van der Waals surface area contributed by atoms with Crippen LogP contribution in [0.15, 0.2) is 49.1 Å². The van der Waals surface area contributed by atoms with Gasteiger partial charge in [-0.2, -0.15) is 9.97 Å². The van der Waals surface area contributed by atoms with Gasteiger partial charge < -0.3 is 29.2 Å². The molecule has 1 amide bonds. The minimum atomic E-state index is -0.221. The Kier molecular flexibility index (Phi) is 8.49. The highest BCUT2D eigenvalue weighted by Crippen LogP contribution is 2.36. The highest BCUT2D eigenvalue weighted by Gasteiger charge is 2.35. The topological polar surface area (TPSA) is 69.4 Å². The third-order valence-corrected chi connectivity index (χ3v) is 9.71. The third-order valence-electron chi connectivity index (χ3n) is 8.81. The van der Waals surface area contributed by atoms with Crippen molar-refractivity contribution < 1.29 is 9.53 Å². The number of amides is 1. The molecule has 2 atom stereocenters. The minimum absolute atomic E-state index is 0.127. The minimum Gasteiger partial charge on any atom is -0.462 e. The molecule has 6 rings (SSSR count). The van der Waals surface area contributed by atoms with E-state index in [1.807, 2.05) is 0 Å². The number of hydrogen-bond donors (Lipinski definition) is 0. The van der Waals surface area contributed by atoms with E-state index in [1.54, 1.807) is 4.90 Å². The van der Waals surface area contributed by atoms with E-state index < -0.39 is 0 Å². The first kappa shape index (κ1) is 28.7. The Morgan fingerprint density at radius 3 is 2.74 bits per heavy atom. The van der Waals surface area contributed by atoms with E-state index in [0.717, 1.165) is 43.0 Å². The van der Waals surface area contributed by atoms with Crippen molar-refractivity contribution in [2.24, 2.45) is 0 Å². The van der Waals surface area contributed by atoms with Crippen molar-refractivity contribution >= 4 is 50.8 Å². The number of halogens is 1. The van der Waals surface area contributed by atoms with Crippen LogP contribution in [0.4, 0.5) is 11.5 Å². The molecular formula is C32H36IN7O2. The fourth-order valence-corrected chi connectivity index (χ4v) is 7.33. The van der Waals surface area contributed by atoms with Gasteiger partial charge in [-0.3, -0.25) is 4.79 Å². The summed E-state index contributed by atoms with van der Waals surface area (Å²) in [6, 6.07) is 13.5. The number of carbonyl (C=O) groups is 1. The van der Waals surface area contributed by atoms with Crippen molar-refractivity contribution in [2.45, 2.75) is 37.9 Å². The van der Waals surface area contributed by atoms with Crippen molar-refractivity contribution in [1.82, 2.24) is 19.8 Å². The smallest absolute Gasteiger partial charge is 0.318 e. The summed E-state index contributed by atoms with van der Waals surface area (Å²) < 4.78 is 7.54. The normalized spacial score (nSPS) is 20.8. The van der Waals surface area contributed by atoms with Gasteiger partial charge in [0.15, 0.2) is 0 Å². The molecule has 0 bridgehead atoms. The number of anilines is 2. The molecular weight excluding hydrogens is 641 g/mol. The van der Waals surface area contributed by atoms with Crippen LogP contribution in [0.1, 0.15) is 24.1 Å². The van der Waals surface area contributed by atoms with Crippen molar-refractivity contribution in [1.29, 1.82) is 0 Å². The van der Waals surface area contributed by atoms with Crippen molar-refractivity contribution in [3.63, 3.8) is 0 Å². The Labute approximate surface area is 261 Å². The summed E-state index contributed by atoms with van der Waals surface area (Å²) in [6.45, 7) is 16.3. The van der Waals surface area contributed by atoms with Gasteiger partial charge in [-0.15, -0.1) is 0 Å². The number of fused-ring (bicyclic) bond motifs is 2. The van der Waals surface area contributed by atoms with Crippen molar-refractivity contribution in [3.8, 4) is 6.01 Å². The number of aromatic nitrogens is 2. The highest BCUT2D eigenvalue weighted by atomic mass is 127. The molecule has 0 N–H and O–H groups in total. The Hall–Kier alpha value is -3.43. The molecule has 2 fully saturated rings. The maximum absolute atomic E-state index is 12.5. The number of likely N-dealkylation sites (N-methyl/N-ethyl adjacent to an activating group) is 1. The van der Waals surface area contributed by atoms with E-state index in [2.05, 4.69) is 92.2 Å². The summed E-state index contributed by atoms with van der Waals surface area (Å²) >= 11 is 2.43. The zero-order valence-electron chi connectivity index (χ0n) is 24.0. The summed E-state index contributed by atoms with van der Waals surface area (Å²) in [7, 11) is 2.14. The van der Waals surface area contributed by atoms with Crippen molar-refractivity contribution in [2.75, 3.05) is 62.7 Å². The molecule has 0 unspecified atom stereocenters. The number of benzene rings is 2. The first-order valence-electron chi connectivity index (χ1n) is 14.6. The Bertz CT molecular complexity index is 1530. The summed E-state index contributed by atoms with van der Waals surface area (Å²) in [5, 5.41) is 2.50. The number of rotatable bonds is 7. The second-order valence-corrected chi connectivity index (χ2v) is 12.5. The summed E-state index contributed by atoms with van der Waals surface area (Å²) in [5.41, 5.74) is 3.33. The molecule has 0 saturated carbocycles. The average Bonchev–Trinajstić information content (AvgIpc) is 3.43. The largest absolute Gasteiger partial charge is 0.462 e. The maximum Gasteiger partial charge on any atom is 0.318 e. The number of hydrogen-bond acceptors (Lipinski definition) is 7. The second kappa shape index (κ2) is 12.4. The average molecular weight is 678 g/mol. The van der Waals surface area contributed by atoms with Crippen LogP contribution in [0.5, 0.6) is 6.01 Å². The number of piperazine rings is 1. The standard InChI is InChI=1S/C32H36IN7O2/c1-4-29(41)40-17-16-39(19-24(40)18-34-2)31-25-13-15-38(28-12-6-9-22-8-5-11-26(33)30(22)28)20-27(25)35-32(36-31)42-21-23-10-7-14-37(23)3/h4-6,8-9,11-12,23-24H,1,7,10,13-21H2,3H3/t23-,24-/m0/s1. The van der Waals surface area contributed by atoms with Gasteiger partial charge in [0.25, 0.3) is 0 Å². The molecule has 0 spiro atoms. The quantitative estimate of drug-likeness (QED) is 0.209. The van der Waals surface area contributed by atoms with Gasteiger partial charge in [0, 0.05) is 52.4 Å². The molecule has 10 heteroatoms. The lowest BCUT2D eigenvalue weighted by molar-refractivity contribution is -0.128. The molecule has 9 nitrogen and oxygen atoms in total. The van der Waals surface area contributed by atoms with Crippen LogP contribution in [-0.4, -0.2) is 90.7 Å². The van der Waals surface area contributed by atoms with Crippen LogP contribution < -0.4 is 14.5 Å². The van der Waals surface area contributed by atoms with Crippen LogP contribution in [-0.2, 0) is 17.8 Å². The summed E-state index contributed by atoms with van der Waals surface area (Å²) in [6.07, 6.45) is 4.43. The lowest BCUT2D eigenvalue weighted by atomic mass is 10.0. The Morgan fingerprint density at radius 2 is 1.98 bits per heavy atom. The molecule has 2 aromatic carbocycles. The predicted molar refractivity (Wildman–Crippen MR) is 174 cm³/mol. The fourth-order valence-electron chi connectivity index (χ4n) is 6.54. The van der Waals surface area contributed by atoms with E-state index in [1.165, 1.54) is 32.5 Å². The molecule has 2 saturated heterocycles. The number of nitrogens with zero attached hydrogens (tertiary/aromatic N) is 7. The van der Waals surface area contributed by atoms with E-state index in [0.29, 0.717) is 44.8 Å². The van der Waals surface area contributed by atoms with E-state index in [9.17, 15) is 4.79 Å². The molecule has 3 aromatic rings. The molecule has 1 aromatic heterocycles. The highest BCUT2D eigenvalue weighted by molar-refractivity contribution is 14.1. The third kappa shape index (κ3) is 5.64. The lowest BCUT2D eigenvalue weighted by Crippen LogP contribution is -2.56. The predicted octanol–water partition coefficient (Wildman–Crippen LogP) is 4.39. The zero-order valence-corrected chi connectivity index (χ0v) is 26.2. The SMILES string of the molecule is [C-]#[N+]C[C@H]1CN(c2nc(OC[C@@H]3CCCN3C)nc3c2CCN(c2cccc4cccc(I)c24)C3)CCN1C(=O)C=C. The van der Waals surface area contributed by atoms with E-state index in [-0.39, 0.29) is 18.5 Å². The molecule has 218 valence electrons. The molecule has 0 radical (unpaired) electrons. The molecule has 0 aliphatic carbocycles. The fraction of sp³-hybridized carbons (Fsp3) is 0.438. The van der Waals surface area contributed by atoms with Gasteiger partial charge >= 0.3 is 6.01 Å². The second-order valence-electron chi connectivity index (χ2n) is 11.3. The summed E-state index contributed by atoms with van der Waals surface area (Å²) in [5.74, 6) is 0.751. The van der Waals surface area contributed by atoms with Crippen LogP contribution in [0.3, 0.4) is 0 Å². The van der Waals surface area contributed by atoms with Gasteiger partial charge in [-0.1, -0.05) is 30.8 Å². The Morgan fingerprint density at radius 1 is 1.14 bits per heavy atom. The first-order valence-corrected chi connectivity index (χ1v) is 15.7. The molecule has 4 heterocycles. The molecule has 42 heavy (non-hydrogen) atoms. The van der Waals surface area contributed by atoms with Gasteiger partial charge in [0.2, 0.25) is 12.5 Å². The van der Waals surface area contributed by atoms with Crippen LogP contribution in [0.2, 0.25) is 0 Å². The van der Waals surface area contributed by atoms with Crippen LogP contribution in [0.25, 0.3) is 15.6 Å². The van der Waals surface area contributed by atoms with Gasteiger partial charge in [0.05, 0.1) is 12.2 Å². The van der Waals surface area contributed by atoms with E-state index in [4.69, 9.17) is 21.3 Å². The van der Waals surface area contributed by atoms with Gasteiger partial charge in [0.1, 0.15) is 18.5 Å². The maximum atomic E-state index is 12.5. The summed E-state index contributed by atoms with van der Waals surface area (Å²) in [4.78, 5) is 34.9. The van der Waals surface area contributed by atoms with Gasteiger partial charge in [-0.25, -0.2) is 6.57 Å². The molecule has 3 aliphatic heterocycles. The first-order chi connectivity index (χ1) is 20.5. The van der Waals surface area contributed by atoms with Crippen LogP contribution in [0, 0.1) is 10.1 Å². The lowest BCUT2D eigenvalue weighted by Gasteiger charge is -2.41.